The molecule has 0 aliphatic rings. The Bertz CT molecular complexity index is 1790. The Hall–Kier alpha value is -4.31. The molecule has 0 unspecified atom stereocenters. The van der Waals surface area contributed by atoms with Crippen LogP contribution in [0.3, 0.4) is 0 Å². The van der Waals surface area contributed by atoms with E-state index in [1.54, 1.807) is 38.2 Å². The van der Waals surface area contributed by atoms with E-state index in [1.807, 2.05) is 44.2 Å². The number of imidazole rings is 1. The number of rotatable bonds is 10. The van der Waals surface area contributed by atoms with Crippen molar-refractivity contribution >= 4 is 15.8 Å². The van der Waals surface area contributed by atoms with Crippen molar-refractivity contribution in [3.8, 4) is 22.5 Å². The molecule has 0 bridgehead atoms. The van der Waals surface area contributed by atoms with Crippen LogP contribution in [0.2, 0.25) is 0 Å². The molecule has 5 aromatic rings. The lowest BCUT2D eigenvalue weighted by molar-refractivity contribution is 0.399. The van der Waals surface area contributed by atoms with Crippen LogP contribution in [0.15, 0.2) is 70.3 Å². The van der Waals surface area contributed by atoms with E-state index in [0.29, 0.717) is 23.4 Å². The Morgan fingerprint density at radius 3 is 2.44 bits per heavy atom. The van der Waals surface area contributed by atoms with Gasteiger partial charge in [-0.25, -0.2) is 18.4 Å². The highest BCUT2D eigenvalue weighted by Crippen LogP contribution is 2.30. The molecular weight excluding hydrogens is 536 g/mol. The van der Waals surface area contributed by atoms with Crippen LogP contribution in [0.1, 0.15) is 53.9 Å². The van der Waals surface area contributed by atoms with Crippen LogP contribution < -0.4 is 4.72 Å². The average Bonchev–Trinajstić information content (AvgIpc) is 3.51. The van der Waals surface area contributed by atoms with Crippen molar-refractivity contribution in [2.45, 2.75) is 65.3 Å². The van der Waals surface area contributed by atoms with Gasteiger partial charge in [-0.2, -0.15) is 0 Å². The molecule has 5 rings (SSSR count). The fourth-order valence-electron chi connectivity index (χ4n) is 4.64. The van der Waals surface area contributed by atoms with E-state index < -0.39 is 10.0 Å². The number of aryl methyl sites for hydroxylation is 4. The molecule has 3 aromatic heterocycles. The van der Waals surface area contributed by atoms with Crippen molar-refractivity contribution in [2.24, 2.45) is 0 Å². The SMILES string of the molecule is CCCCc1nc(-c2nc(C)cnc2C)cn1Cc1ccc(-c2ccccc2S(=O)(=O)Nc2noc(C)c2C)cc1. The van der Waals surface area contributed by atoms with Crippen molar-refractivity contribution in [1.82, 2.24) is 24.7 Å². The van der Waals surface area contributed by atoms with Gasteiger partial charge in [-0.05, 0) is 51.3 Å². The minimum atomic E-state index is -3.90. The highest BCUT2D eigenvalue weighted by atomic mass is 32.2. The minimum Gasteiger partial charge on any atom is -0.359 e. The first-order valence-electron chi connectivity index (χ1n) is 13.7. The number of nitrogens with zero attached hydrogens (tertiary/aromatic N) is 5. The first kappa shape index (κ1) is 28.2. The Kier molecular flexibility index (Phi) is 8.03. The molecule has 10 heteroatoms. The predicted molar refractivity (Wildman–Crippen MR) is 159 cm³/mol. The van der Waals surface area contributed by atoms with Gasteiger partial charge in [0.25, 0.3) is 10.0 Å². The molecule has 0 amide bonds. The molecule has 41 heavy (non-hydrogen) atoms. The highest BCUT2D eigenvalue weighted by Gasteiger charge is 2.22. The van der Waals surface area contributed by atoms with Crippen LogP contribution in [-0.2, 0) is 23.0 Å². The summed E-state index contributed by atoms with van der Waals surface area (Å²) in [4.78, 5) is 14.3. The van der Waals surface area contributed by atoms with Crippen molar-refractivity contribution in [1.29, 1.82) is 0 Å². The summed E-state index contributed by atoms with van der Waals surface area (Å²) in [7, 11) is -3.90. The van der Waals surface area contributed by atoms with Gasteiger partial charge < -0.3 is 9.09 Å². The molecule has 0 spiro atoms. The number of sulfonamides is 1. The number of unbranched alkanes of at least 4 members (excludes halogenated alkanes) is 1. The molecule has 0 saturated heterocycles. The summed E-state index contributed by atoms with van der Waals surface area (Å²) in [5.41, 5.74) is 6.47. The molecule has 9 nitrogen and oxygen atoms in total. The van der Waals surface area contributed by atoms with Gasteiger partial charge in [-0.3, -0.25) is 9.71 Å². The zero-order valence-corrected chi connectivity index (χ0v) is 24.8. The summed E-state index contributed by atoms with van der Waals surface area (Å²) < 4.78 is 36.6. The lowest BCUT2D eigenvalue weighted by Crippen LogP contribution is -2.15. The van der Waals surface area contributed by atoms with E-state index in [-0.39, 0.29) is 10.7 Å². The smallest absolute Gasteiger partial charge is 0.263 e. The number of nitrogens with one attached hydrogen (secondary N) is 1. The first-order chi connectivity index (χ1) is 19.7. The molecule has 0 aliphatic carbocycles. The number of hydrogen-bond acceptors (Lipinski definition) is 7. The molecular formula is C31H34N6O3S. The molecule has 0 atom stereocenters. The summed E-state index contributed by atoms with van der Waals surface area (Å²) >= 11 is 0. The summed E-state index contributed by atoms with van der Waals surface area (Å²) in [6, 6.07) is 14.9. The minimum absolute atomic E-state index is 0.170. The van der Waals surface area contributed by atoms with Crippen molar-refractivity contribution < 1.29 is 12.9 Å². The third kappa shape index (κ3) is 6.07. The Labute approximate surface area is 240 Å². The van der Waals surface area contributed by atoms with Gasteiger partial charge in [-0.1, -0.05) is 61.0 Å². The molecule has 0 aliphatic heterocycles. The third-order valence-electron chi connectivity index (χ3n) is 7.11. The quantitative estimate of drug-likeness (QED) is 0.206. The Balaban J connectivity index is 1.42. The lowest BCUT2D eigenvalue weighted by atomic mass is 10.0. The average molecular weight is 571 g/mol. The van der Waals surface area contributed by atoms with Crippen molar-refractivity contribution in [2.75, 3.05) is 4.72 Å². The van der Waals surface area contributed by atoms with E-state index in [2.05, 4.69) is 37.5 Å². The van der Waals surface area contributed by atoms with Crippen molar-refractivity contribution in [3.63, 3.8) is 0 Å². The fourth-order valence-corrected chi connectivity index (χ4v) is 5.93. The van der Waals surface area contributed by atoms with Gasteiger partial charge in [0.15, 0.2) is 5.82 Å². The molecule has 0 radical (unpaired) electrons. The normalized spacial score (nSPS) is 11.6. The second-order valence-corrected chi connectivity index (χ2v) is 11.9. The number of anilines is 1. The van der Waals surface area contributed by atoms with E-state index in [4.69, 9.17) is 9.51 Å². The maximum absolute atomic E-state index is 13.3. The largest absolute Gasteiger partial charge is 0.359 e. The number of benzene rings is 2. The van der Waals surface area contributed by atoms with Gasteiger partial charge in [0.2, 0.25) is 0 Å². The summed E-state index contributed by atoms with van der Waals surface area (Å²) in [5, 5.41) is 3.86. The Morgan fingerprint density at radius 1 is 0.976 bits per heavy atom. The molecule has 212 valence electrons. The van der Waals surface area contributed by atoms with Crippen LogP contribution in [0, 0.1) is 27.7 Å². The first-order valence-corrected chi connectivity index (χ1v) is 15.1. The summed E-state index contributed by atoms with van der Waals surface area (Å²) in [6.07, 6.45) is 6.81. The highest BCUT2D eigenvalue weighted by molar-refractivity contribution is 7.92. The standard InChI is InChI=1S/C31H34N6O3S/c1-6-7-12-29-34-27(30-22(4)32-17-20(2)33-30)19-37(29)18-24-13-15-25(16-14-24)26-10-8-9-11-28(26)41(38,39)36-31-21(3)23(5)40-35-31/h8-11,13-17,19H,6-7,12,18H2,1-5H3,(H,35,36). The van der Waals surface area contributed by atoms with Gasteiger partial charge in [-0.15, -0.1) is 0 Å². The monoisotopic (exact) mass is 570 g/mol. The van der Waals surface area contributed by atoms with Gasteiger partial charge >= 0.3 is 0 Å². The maximum atomic E-state index is 13.3. The summed E-state index contributed by atoms with van der Waals surface area (Å²) in [6.45, 7) is 10.2. The van der Waals surface area contributed by atoms with Crippen LogP contribution in [-0.4, -0.2) is 33.1 Å². The van der Waals surface area contributed by atoms with E-state index in [0.717, 1.165) is 59.0 Å². The molecule has 3 heterocycles. The van der Waals surface area contributed by atoms with E-state index in [1.165, 1.54) is 0 Å². The van der Waals surface area contributed by atoms with Crippen LogP contribution >= 0.6 is 0 Å². The zero-order valence-electron chi connectivity index (χ0n) is 24.0. The van der Waals surface area contributed by atoms with Crippen LogP contribution in [0.25, 0.3) is 22.5 Å². The molecule has 0 saturated carbocycles. The maximum Gasteiger partial charge on any atom is 0.263 e. The molecule has 2 aromatic carbocycles. The molecule has 1 N–H and O–H groups in total. The van der Waals surface area contributed by atoms with Crippen LogP contribution in [0.5, 0.6) is 0 Å². The Morgan fingerprint density at radius 2 is 1.73 bits per heavy atom. The number of aromatic nitrogens is 5. The summed E-state index contributed by atoms with van der Waals surface area (Å²) in [5.74, 6) is 1.77. The molecule has 0 fully saturated rings. The topological polar surface area (TPSA) is 116 Å². The van der Waals surface area contributed by atoms with E-state index in [9.17, 15) is 8.42 Å². The van der Waals surface area contributed by atoms with Crippen molar-refractivity contribution in [3.05, 3.63) is 95.0 Å². The lowest BCUT2D eigenvalue weighted by Gasteiger charge is -2.13. The number of hydrogen-bond donors (Lipinski definition) is 1. The van der Waals surface area contributed by atoms with Crippen LogP contribution in [0.4, 0.5) is 5.82 Å². The van der Waals surface area contributed by atoms with Gasteiger partial charge in [0.1, 0.15) is 23.0 Å². The fraction of sp³-hybridized carbons (Fsp3) is 0.290. The van der Waals surface area contributed by atoms with E-state index >= 15 is 0 Å². The second-order valence-electron chi connectivity index (χ2n) is 10.2. The zero-order chi connectivity index (χ0) is 29.1. The second kappa shape index (κ2) is 11.7. The predicted octanol–water partition coefficient (Wildman–Crippen LogP) is 6.42. The third-order valence-corrected chi connectivity index (χ3v) is 8.51. The van der Waals surface area contributed by atoms with Gasteiger partial charge in [0, 0.05) is 36.5 Å². The van der Waals surface area contributed by atoms with Gasteiger partial charge in [0.05, 0.1) is 16.3 Å².